The van der Waals surface area contributed by atoms with Crippen molar-refractivity contribution < 1.29 is 4.79 Å². The second-order valence-electron chi connectivity index (χ2n) is 4.85. The normalized spacial score (nSPS) is 13.4. The van der Waals surface area contributed by atoms with Gasteiger partial charge in [0.05, 0.1) is 17.1 Å². The fourth-order valence-corrected chi connectivity index (χ4v) is 2.31. The van der Waals surface area contributed by atoms with Crippen molar-refractivity contribution in [1.29, 1.82) is 0 Å². The molecule has 1 unspecified atom stereocenters. The van der Waals surface area contributed by atoms with Crippen LogP contribution in [0.4, 0.5) is 5.69 Å². The molecule has 0 radical (unpaired) electrons. The fourth-order valence-electron chi connectivity index (χ4n) is 2.31. The summed E-state index contributed by atoms with van der Waals surface area (Å²) in [4.78, 5) is 21.0. The molecule has 104 valence electrons. The van der Waals surface area contributed by atoms with E-state index in [0.717, 1.165) is 28.7 Å². The van der Waals surface area contributed by atoms with Crippen LogP contribution in [-0.4, -0.2) is 16.5 Å². The van der Waals surface area contributed by atoms with E-state index < -0.39 is 0 Å². The van der Waals surface area contributed by atoms with Crippen LogP contribution in [0.25, 0.3) is 10.9 Å². The maximum Gasteiger partial charge on any atom is 0.141 e. The maximum atomic E-state index is 11.9. The number of aromatic nitrogens is 1. The molecule has 3 heteroatoms. The first-order chi connectivity index (χ1) is 9.67. The van der Waals surface area contributed by atoms with Crippen molar-refractivity contribution in [2.24, 2.45) is 10.9 Å². The third-order valence-corrected chi connectivity index (χ3v) is 3.57. The second kappa shape index (κ2) is 6.42. The van der Waals surface area contributed by atoms with E-state index in [2.05, 4.69) is 4.98 Å². The lowest BCUT2D eigenvalue weighted by Crippen LogP contribution is -2.19. The molecule has 0 aliphatic rings. The summed E-state index contributed by atoms with van der Waals surface area (Å²) in [6, 6.07) is 9.89. The van der Waals surface area contributed by atoms with E-state index in [1.165, 1.54) is 0 Å². The number of carbonyl (C=O) groups is 1. The van der Waals surface area contributed by atoms with Gasteiger partial charge in [0.15, 0.2) is 0 Å². The number of ketones is 1. The highest BCUT2D eigenvalue weighted by Crippen LogP contribution is 2.25. The van der Waals surface area contributed by atoms with Crippen molar-refractivity contribution in [3.63, 3.8) is 0 Å². The summed E-state index contributed by atoms with van der Waals surface area (Å²) < 4.78 is 0. The summed E-state index contributed by atoms with van der Waals surface area (Å²) in [5, 5.41) is 1.07. The minimum atomic E-state index is -0.121. The summed E-state index contributed by atoms with van der Waals surface area (Å²) >= 11 is 0. The van der Waals surface area contributed by atoms with Crippen LogP contribution < -0.4 is 0 Å². The number of para-hydroxylation sites is 1. The molecule has 0 aliphatic heterocycles. The summed E-state index contributed by atoms with van der Waals surface area (Å²) in [5.41, 5.74) is 2.66. The van der Waals surface area contributed by atoms with Gasteiger partial charge in [-0.1, -0.05) is 39.0 Å². The van der Waals surface area contributed by atoms with E-state index in [1.54, 1.807) is 6.20 Å². The number of benzene rings is 1. The maximum absolute atomic E-state index is 11.9. The van der Waals surface area contributed by atoms with Crippen LogP contribution in [0.1, 0.15) is 33.6 Å². The first-order valence-corrected chi connectivity index (χ1v) is 7.11. The molecule has 0 spiro atoms. The van der Waals surface area contributed by atoms with Gasteiger partial charge < -0.3 is 0 Å². The second-order valence-corrected chi connectivity index (χ2v) is 4.85. The molecule has 0 amide bonds. The largest absolute Gasteiger partial charge is 0.299 e. The number of Topliss-reactive ketones (excluding diaryl/α,β-unsaturated/α-hetero) is 1. The molecule has 0 aliphatic carbocycles. The number of nitrogens with zero attached hydrogens (tertiary/aromatic N) is 2. The Morgan fingerprint density at radius 2 is 1.95 bits per heavy atom. The Kier molecular flexibility index (Phi) is 4.61. The van der Waals surface area contributed by atoms with E-state index in [4.69, 9.17) is 4.99 Å². The third kappa shape index (κ3) is 2.93. The van der Waals surface area contributed by atoms with E-state index in [0.29, 0.717) is 6.42 Å². The third-order valence-electron chi connectivity index (χ3n) is 3.57. The van der Waals surface area contributed by atoms with Gasteiger partial charge in [-0.15, -0.1) is 0 Å². The Bertz CT molecular complexity index is 641. The lowest BCUT2D eigenvalue weighted by Gasteiger charge is -2.12. The Morgan fingerprint density at radius 1 is 1.20 bits per heavy atom. The number of pyridine rings is 1. The van der Waals surface area contributed by atoms with Crippen LogP contribution in [0.2, 0.25) is 0 Å². The molecule has 3 nitrogen and oxygen atoms in total. The number of hydrogen-bond donors (Lipinski definition) is 0. The van der Waals surface area contributed by atoms with Gasteiger partial charge in [0.2, 0.25) is 0 Å². The van der Waals surface area contributed by atoms with Crippen LogP contribution in [-0.2, 0) is 4.79 Å². The smallest absolute Gasteiger partial charge is 0.141 e. The summed E-state index contributed by atoms with van der Waals surface area (Å²) in [6.45, 7) is 5.87. The zero-order valence-corrected chi connectivity index (χ0v) is 12.3. The molecule has 0 bridgehead atoms. The molecule has 2 aromatic rings. The van der Waals surface area contributed by atoms with Crippen LogP contribution in [0, 0.1) is 5.92 Å². The predicted molar refractivity (Wildman–Crippen MR) is 83.6 cm³/mol. The van der Waals surface area contributed by atoms with E-state index in [-0.39, 0.29) is 11.7 Å². The highest BCUT2D eigenvalue weighted by Gasteiger charge is 2.16. The van der Waals surface area contributed by atoms with Gasteiger partial charge in [-0.05, 0) is 18.6 Å². The van der Waals surface area contributed by atoms with E-state index in [9.17, 15) is 4.79 Å². The Balaban J connectivity index is 2.47. The van der Waals surface area contributed by atoms with Gasteiger partial charge in [-0.3, -0.25) is 14.8 Å². The lowest BCUT2D eigenvalue weighted by molar-refractivity contribution is -0.120. The Labute approximate surface area is 119 Å². The number of fused-ring (bicyclic) bond motifs is 1. The minimum Gasteiger partial charge on any atom is -0.299 e. The molecule has 2 rings (SSSR count). The molecular formula is C17H20N2O. The molecular weight excluding hydrogens is 248 g/mol. The first-order valence-electron chi connectivity index (χ1n) is 7.11. The number of hydrogen-bond acceptors (Lipinski definition) is 3. The lowest BCUT2D eigenvalue weighted by atomic mass is 9.96. The standard InChI is InChI=1S/C17H20N2O/c1-4-14(12(3)16(20)5-2)19-15-10-6-8-13-9-7-11-18-17(13)15/h6-12H,4-5H2,1-3H3/b19-14-. The van der Waals surface area contributed by atoms with Gasteiger partial charge in [0.1, 0.15) is 5.78 Å². The average Bonchev–Trinajstić information content (AvgIpc) is 2.51. The van der Waals surface area contributed by atoms with Crippen molar-refractivity contribution in [2.45, 2.75) is 33.6 Å². The molecule has 1 heterocycles. The predicted octanol–water partition coefficient (Wildman–Crippen LogP) is 4.33. The molecule has 0 fully saturated rings. The highest BCUT2D eigenvalue weighted by molar-refractivity contribution is 6.06. The van der Waals surface area contributed by atoms with Crippen molar-refractivity contribution >= 4 is 28.1 Å². The van der Waals surface area contributed by atoms with Crippen LogP contribution >= 0.6 is 0 Å². The van der Waals surface area contributed by atoms with Crippen molar-refractivity contribution in [3.8, 4) is 0 Å². The molecule has 0 saturated heterocycles. The average molecular weight is 268 g/mol. The molecule has 0 saturated carbocycles. The minimum absolute atomic E-state index is 0.121. The van der Waals surface area contributed by atoms with Crippen molar-refractivity contribution in [3.05, 3.63) is 36.5 Å². The van der Waals surface area contributed by atoms with Crippen LogP contribution in [0.3, 0.4) is 0 Å². The van der Waals surface area contributed by atoms with Crippen LogP contribution in [0.15, 0.2) is 41.5 Å². The zero-order chi connectivity index (χ0) is 14.5. The summed E-state index contributed by atoms with van der Waals surface area (Å²) in [7, 11) is 0. The quantitative estimate of drug-likeness (QED) is 0.757. The molecule has 1 aromatic carbocycles. The molecule has 0 N–H and O–H groups in total. The van der Waals surface area contributed by atoms with Crippen molar-refractivity contribution in [1.82, 2.24) is 4.98 Å². The van der Waals surface area contributed by atoms with Gasteiger partial charge in [-0.25, -0.2) is 0 Å². The fraction of sp³-hybridized carbons (Fsp3) is 0.353. The van der Waals surface area contributed by atoms with Gasteiger partial charge in [0, 0.05) is 23.7 Å². The summed E-state index contributed by atoms with van der Waals surface area (Å²) in [6.07, 6.45) is 3.09. The van der Waals surface area contributed by atoms with Crippen LogP contribution in [0.5, 0.6) is 0 Å². The number of carbonyl (C=O) groups excluding carboxylic acids is 1. The molecule has 1 aromatic heterocycles. The molecule has 1 atom stereocenters. The Hall–Kier alpha value is -2.03. The topological polar surface area (TPSA) is 42.3 Å². The number of rotatable bonds is 5. The Morgan fingerprint density at radius 3 is 2.65 bits per heavy atom. The van der Waals surface area contributed by atoms with Gasteiger partial charge >= 0.3 is 0 Å². The zero-order valence-electron chi connectivity index (χ0n) is 12.3. The first kappa shape index (κ1) is 14.4. The van der Waals surface area contributed by atoms with Gasteiger partial charge in [-0.2, -0.15) is 0 Å². The molecule has 20 heavy (non-hydrogen) atoms. The SMILES string of the molecule is CCC(=O)C(C)/C(CC)=N\c1cccc2cccnc12. The number of aliphatic imine (C=N–C) groups is 1. The van der Waals surface area contributed by atoms with Crippen molar-refractivity contribution in [2.75, 3.05) is 0 Å². The monoisotopic (exact) mass is 268 g/mol. The van der Waals surface area contributed by atoms with Gasteiger partial charge in [0.25, 0.3) is 0 Å². The van der Waals surface area contributed by atoms with E-state index >= 15 is 0 Å². The highest BCUT2D eigenvalue weighted by atomic mass is 16.1. The van der Waals surface area contributed by atoms with E-state index in [1.807, 2.05) is 51.1 Å². The summed E-state index contributed by atoms with van der Waals surface area (Å²) in [5.74, 6) is 0.114.